The average Bonchev–Trinajstić information content (AvgIpc) is 0.778. The largest absolute Gasteiger partial charge is 0.459 e. The molecule has 0 aliphatic carbocycles. The minimum Gasteiger partial charge on any atom is -0.459 e. The lowest BCUT2D eigenvalue weighted by Gasteiger charge is -2.34. The van der Waals surface area contributed by atoms with E-state index in [9.17, 15) is 51.6 Å². The maximum atomic E-state index is 15.2. The van der Waals surface area contributed by atoms with Crippen LogP contribution in [-0.4, -0.2) is 228 Å². The molecule has 5 rings (SSSR count). The minimum atomic E-state index is -5.14. The summed E-state index contributed by atoms with van der Waals surface area (Å²) in [5.74, 6) is -4.29. The van der Waals surface area contributed by atoms with Gasteiger partial charge in [0.25, 0.3) is 0 Å². The molecule has 648 valence electrons. The van der Waals surface area contributed by atoms with Crippen LogP contribution in [0.4, 0.5) is 20.1 Å². The maximum Gasteiger partial charge on any atom is 0.434 e. The Hall–Kier alpha value is -9.75. The van der Waals surface area contributed by atoms with Gasteiger partial charge in [-0.15, -0.1) is 0 Å². The van der Waals surface area contributed by atoms with Gasteiger partial charge < -0.3 is 61.6 Å². The molecule has 0 bridgehead atoms. The predicted octanol–water partition coefficient (Wildman–Crippen LogP) is 11.7. The summed E-state index contributed by atoms with van der Waals surface area (Å²) in [6, 6.07) is 29.8. The lowest BCUT2D eigenvalue weighted by atomic mass is 10.1. The Balaban J connectivity index is 1.07. The van der Waals surface area contributed by atoms with Gasteiger partial charge in [-0.3, -0.25) is 24.5 Å². The molecule has 0 saturated carbocycles. The van der Waals surface area contributed by atoms with Gasteiger partial charge in [-0.1, -0.05) is 66.7 Å². The Morgan fingerprint density at radius 2 is 0.839 bits per heavy atom. The minimum absolute atomic E-state index is 0.00811. The van der Waals surface area contributed by atoms with Crippen molar-refractivity contribution in [2.75, 3.05) is 98.1 Å². The molecule has 0 aliphatic heterocycles. The third-order valence-corrected chi connectivity index (χ3v) is 19.5. The molecule has 0 spiro atoms. The number of hydrogen-bond acceptors (Lipinski definition) is 27. The Morgan fingerprint density at radius 3 is 1.27 bits per heavy atom. The van der Waals surface area contributed by atoms with Crippen LogP contribution in [0.1, 0.15) is 167 Å². The molecule has 5 aromatic rings. The van der Waals surface area contributed by atoms with E-state index < -0.39 is 140 Å². The number of esters is 4. The molecule has 0 aliphatic rings. The van der Waals surface area contributed by atoms with Crippen molar-refractivity contribution in [3.63, 3.8) is 0 Å². The van der Waals surface area contributed by atoms with Gasteiger partial charge in [-0.05, 0) is 200 Å². The highest BCUT2D eigenvalue weighted by atomic mass is 32.2. The summed E-state index contributed by atoms with van der Waals surface area (Å²) < 4.78 is 133. The summed E-state index contributed by atoms with van der Waals surface area (Å²) in [6.07, 6.45) is -3.44. The number of alkyl carbamates (subject to hydrolysis) is 1. The zero-order valence-corrected chi connectivity index (χ0v) is 71.9. The third-order valence-electron chi connectivity index (χ3n) is 15.8. The van der Waals surface area contributed by atoms with Crippen LogP contribution in [0.2, 0.25) is 0 Å². The van der Waals surface area contributed by atoms with Gasteiger partial charge in [0.2, 0.25) is 10.0 Å². The Kier molecular flexibility index (Phi) is 40.0. The summed E-state index contributed by atoms with van der Waals surface area (Å²) in [5, 5.41) is 2.54. The monoisotopic (exact) mass is 1690 g/mol. The first-order chi connectivity index (χ1) is 55.3. The Bertz CT molecular complexity index is 4380. The van der Waals surface area contributed by atoms with E-state index in [-0.39, 0.29) is 133 Å². The molecule has 118 heavy (non-hydrogen) atoms. The molecule has 0 fully saturated rings. The first-order valence-electron chi connectivity index (χ1n) is 38.4. The molecule has 1 N–H and O–H groups in total. The van der Waals surface area contributed by atoms with Crippen molar-refractivity contribution in [1.29, 1.82) is 0 Å². The summed E-state index contributed by atoms with van der Waals surface area (Å²) in [4.78, 5) is 126. The van der Waals surface area contributed by atoms with E-state index in [1.807, 2.05) is 0 Å². The van der Waals surface area contributed by atoms with Crippen LogP contribution in [-0.2, 0) is 118 Å². The second kappa shape index (κ2) is 47.7. The second-order valence-electron chi connectivity index (χ2n) is 31.1. The first kappa shape index (κ1) is 98.8. The maximum absolute atomic E-state index is 15.2. The lowest BCUT2D eigenvalue weighted by Crippen LogP contribution is -2.55. The van der Waals surface area contributed by atoms with Crippen molar-refractivity contribution < 1.29 is 122 Å². The molecular formula is C84H114N6O26S2. The summed E-state index contributed by atoms with van der Waals surface area (Å²) in [7, 11) is -9.41. The highest BCUT2D eigenvalue weighted by Gasteiger charge is 2.44. The van der Waals surface area contributed by atoms with Gasteiger partial charge in [-0.2, -0.15) is 26.3 Å². The van der Waals surface area contributed by atoms with Crippen LogP contribution < -0.4 is 14.8 Å². The van der Waals surface area contributed by atoms with E-state index >= 15 is 8.42 Å². The van der Waals surface area contributed by atoms with Gasteiger partial charge in [0.15, 0.2) is 0 Å². The Morgan fingerprint density at radius 1 is 0.441 bits per heavy atom. The molecule has 32 nitrogen and oxygen atoms in total. The SMILES string of the molecule is CC(=O)C[C@@H](C(=O)OC(C)(C)C)N(CCOCCOCCOCCOCCOCCOCCN([C@@H](CC(C)=O)C(=O)OC(C)(C)C)S(=O)(=O)N(Cc1ccc(OC(=O)c2ccc(N=C(C)NC(=O)OC(C)(C)C)cc2)cc1)C(=O)OCc1ccccc1)S(=O)(=O)CCc1ccc(OC(=O)c2ccc(CC(C)=NC(=O)OC(C)(C)C)cc2)cc1. The average molecular weight is 1690 g/mol. The second-order valence-corrected chi connectivity index (χ2v) is 34.9. The van der Waals surface area contributed by atoms with E-state index in [0.717, 1.165) is 9.87 Å². The fourth-order valence-electron chi connectivity index (χ4n) is 10.6. The fourth-order valence-corrected chi connectivity index (χ4v) is 13.8. The van der Waals surface area contributed by atoms with Crippen LogP contribution in [0.15, 0.2) is 137 Å². The molecule has 0 saturated heterocycles. The molecular weight excluding hydrogens is 1570 g/mol. The third kappa shape index (κ3) is 38.8. The van der Waals surface area contributed by atoms with Gasteiger partial charge in [0.1, 0.15) is 70.0 Å². The molecule has 3 amide bonds. The number of amidine groups is 1. The number of aliphatic imine (C=N–C) groups is 2. The number of sulfonamides is 1. The number of benzene rings is 5. The van der Waals surface area contributed by atoms with Crippen LogP contribution >= 0.6 is 0 Å². The van der Waals surface area contributed by atoms with Crippen LogP contribution in [0.3, 0.4) is 0 Å². The van der Waals surface area contributed by atoms with Crippen molar-refractivity contribution >= 4 is 91.2 Å². The van der Waals surface area contributed by atoms with Crippen LogP contribution in [0, 0.1) is 0 Å². The van der Waals surface area contributed by atoms with E-state index in [0.29, 0.717) is 37.6 Å². The Labute approximate surface area is 692 Å². The predicted molar refractivity (Wildman–Crippen MR) is 438 cm³/mol. The molecule has 0 aromatic heterocycles. The number of rotatable bonds is 46. The molecule has 34 heteroatoms. The van der Waals surface area contributed by atoms with E-state index in [2.05, 4.69) is 15.3 Å². The van der Waals surface area contributed by atoms with Gasteiger partial charge in [0, 0.05) is 38.1 Å². The summed E-state index contributed by atoms with van der Waals surface area (Å²) >= 11 is 0. The topological polar surface area (TPSA) is 388 Å². The van der Waals surface area contributed by atoms with E-state index in [1.165, 1.54) is 62.4 Å². The normalized spacial score (nSPS) is 12.9. The van der Waals surface area contributed by atoms with Crippen LogP contribution in [0.25, 0.3) is 0 Å². The highest BCUT2D eigenvalue weighted by molar-refractivity contribution is 7.89. The van der Waals surface area contributed by atoms with Crippen molar-refractivity contribution in [2.24, 2.45) is 9.98 Å². The van der Waals surface area contributed by atoms with Crippen molar-refractivity contribution in [3.05, 3.63) is 161 Å². The quantitative estimate of drug-likeness (QED) is 0.00944. The summed E-state index contributed by atoms with van der Waals surface area (Å²) in [5.41, 5.74) is -0.0448. The number of nitrogens with zero attached hydrogens (tertiary/aromatic N) is 5. The number of carbonyl (C=O) groups excluding carboxylic acids is 9. The van der Waals surface area contributed by atoms with Crippen molar-refractivity contribution in [3.8, 4) is 11.5 Å². The highest BCUT2D eigenvalue weighted by Crippen LogP contribution is 2.27. The molecule has 0 heterocycles. The molecule has 2 atom stereocenters. The van der Waals surface area contributed by atoms with Gasteiger partial charge >= 0.3 is 52.4 Å². The van der Waals surface area contributed by atoms with Gasteiger partial charge in [0.05, 0.1) is 108 Å². The number of hydrogen-bond donors (Lipinski definition) is 1. The number of carbonyl (C=O) groups is 9. The molecule has 0 unspecified atom stereocenters. The van der Waals surface area contributed by atoms with Gasteiger partial charge in [-0.25, -0.2) is 37.4 Å². The van der Waals surface area contributed by atoms with Crippen molar-refractivity contribution in [2.45, 2.75) is 184 Å². The lowest BCUT2D eigenvalue weighted by molar-refractivity contribution is -0.161. The first-order valence-corrected chi connectivity index (χ1v) is 41.4. The zero-order valence-electron chi connectivity index (χ0n) is 70.3. The number of nitrogens with one attached hydrogen (secondary N) is 1. The molecule has 0 radical (unpaired) electrons. The number of Topliss-reactive ketones (excluding diaryl/α,β-unsaturated/α-hetero) is 2. The zero-order chi connectivity index (χ0) is 87.4. The smallest absolute Gasteiger partial charge is 0.434 e. The van der Waals surface area contributed by atoms with E-state index in [1.54, 1.807) is 176 Å². The number of amides is 3. The van der Waals surface area contributed by atoms with Crippen LogP contribution in [0.5, 0.6) is 11.5 Å². The standard InChI is InChI=1S/C84H114N6O26S2/c1-59(85-78(97)115-83(11,12)13)54-64-22-28-67(29-23-64)74(93)111-70-34-24-63(25-35-70)38-53-117(100,101)88(72(55-60(2)91)76(95)113-81(5,6)7)39-41-104-43-45-106-47-49-108-51-52-109-50-48-107-46-44-105-42-40-89(73(56-61(3)92)77(96)114-82(8,9)10)118(102,103)90(80(99)110-58-66-20-18-17-19-21-66)57-65-26-36-71(37-27-65)112-75(94)68-30-32-69(33-31-68)86-62(4)87-79(98)116-84(14,15)16/h17-37,72-73H,38-58H2,1-16H3,(H,86,87,98)/t72-,73-/m0/s1. The number of ketones is 2. The number of aryl methyl sites for hydroxylation is 1. The van der Waals surface area contributed by atoms with E-state index in [4.69, 9.17) is 61.6 Å². The van der Waals surface area contributed by atoms with Crippen molar-refractivity contribution in [1.82, 2.24) is 18.2 Å². The number of ether oxygens (including phenoxy) is 13. The fraction of sp³-hybridized carbons (Fsp3) is 0.512. The summed E-state index contributed by atoms with van der Waals surface area (Å²) in [6.45, 7) is 24.5. The molecule has 5 aromatic carbocycles.